The summed E-state index contributed by atoms with van der Waals surface area (Å²) >= 11 is 6.10. The maximum Gasteiger partial charge on any atom is 0.335 e. The van der Waals surface area contributed by atoms with Crippen LogP contribution in [0.1, 0.15) is 27.3 Å². The predicted octanol–water partition coefficient (Wildman–Crippen LogP) is 3.15. The average Bonchev–Trinajstić information content (AvgIpc) is 2.57. The molecular formula is C13H13ClN2O2. The Kier molecular flexibility index (Phi) is 3.13. The molecule has 2 aromatic rings. The van der Waals surface area contributed by atoms with Gasteiger partial charge in [-0.05, 0) is 44.5 Å². The predicted molar refractivity (Wildman–Crippen MR) is 69.7 cm³/mol. The van der Waals surface area contributed by atoms with Gasteiger partial charge in [0.1, 0.15) is 0 Å². The Balaban J connectivity index is 2.58. The zero-order valence-corrected chi connectivity index (χ0v) is 11.1. The molecule has 94 valence electrons. The molecule has 2 rings (SSSR count). The summed E-state index contributed by atoms with van der Waals surface area (Å²) in [4.78, 5) is 10.9. The lowest BCUT2D eigenvalue weighted by molar-refractivity contribution is 0.0697. The number of aromatic carboxylic acids is 1. The van der Waals surface area contributed by atoms with Gasteiger partial charge in [0.15, 0.2) is 0 Å². The van der Waals surface area contributed by atoms with E-state index in [4.69, 9.17) is 16.7 Å². The number of aromatic nitrogens is 2. The van der Waals surface area contributed by atoms with Crippen molar-refractivity contribution < 1.29 is 9.90 Å². The van der Waals surface area contributed by atoms with E-state index in [0.29, 0.717) is 5.02 Å². The molecule has 5 heteroatoms. The van der Waals surface area contributed by atoms with E-state index in [-0.39, 0.29) is 5.56 Å². The molecule has 0 aliphatic carbocycles. The third-order valence-electron chi connectivity index (χ3n) is 2.87. The molecule has 1 heterocycles. The SMILES string of the molecule is Cc1cc(C(=O)O)ccc1-n1nc(C)c(Cl)c1C. The van der Waals surface area contributed by atoms with Crippen molar-refractivity contribution in [2.24, 2.45) is 0 Å². The molecule has 0 radical (unpaired) electrons. The minimum atomic E-state index is -0.934. The normalized spacial score (nSPS) is 10.7. The summed E-state index contributed by atoms with van der Waals surface area (Å²) in [5.74, 6) is -0.934. The third kappa shape index (κ3) is 1.99. The van der Waals surface area contributed by atoms with Crippen LogP contribution in [0.4, 0.5) is 0 Å². The summed E-state index contributed by atoms with van der Waals surface area (Å²) < 4.78 is 1.73. The highest BCUT2D eigenvalue weighted by Crippen LogP contribution is 2.24. The molecule has 0 atom stereocenters. The van der Waals surface area contributed by atoms with E-state index in [1.165, 1.54) is 0 Å². The van der Waals surface area contributed by atoms with Crippen LogP contribution in [0.2, 0.25) is 5.02 Å². The third-order valence-corrected chi connectivity index (χ3v) is 3.42. The molecule has 1 N–H and O–H groups in total. The van der Waals surface area contributed by atoms with E-state index in [1.807, 2.05) is 20.8 Å². The molecule has 18 heavy (non-hydrogen) atoms. The van der Waals surface area contributed by atoms with Gasteiger partial charge in [-0.3, -0.25) is 0 Å². The molecule has 0 saturated heterocycles. The van der Waals surface area contributed by atoms with Crippen LogP contribution < -0.4 is 0 Å². The number of aryl methyl sites for hydroxylation is 2. The van der Waals surface area contributed by atoms with Crippen molar-refractivity contribution in [3.05, 3.63) is 45.7 Å². The first-order chi connectivity index (χ1) is 8.41. The zero-order valence-electron chi connectivity index (χ0n) is 10.4. The van der Waals surface area contributed by atoms with Crippen LogP contribution in [0.25, 0.3) is 5.69 Å². The van der Waals surface area contributed by atoms with Crippen molar-refractivity contribution in [1.82, 2.24) is 9.78 Å². The molecule has 0 spiro atoms. The Bertz CT molecular complexity index is 632. The van der Waals surface area contributed by atoms with E-state index in [9.17, 15) is 4.79 Å². The lowest BCUT2D eigenvalue weighted by Crippen LogP contribution is -2.04. The highest BCUT2D eigenvalue weighted by Gasteiger charge is 2.13. The standard InChI is InChI=1S/C13H13ClN2O2/c1-7-6-10(13(17)18)4-5-11(7)16-9(3)12(14)8(2)15-16/h4-6H,1-3H3,(H,17,18). The van der Waals surface area contributed by atoms with E-state index < -0.39 is 5.97 Å². The molecular weight excluding hydrogens is 252 g/mol. The fourth-order valence-corrected chi connectivity index (χ4v) is 2.00. The van der Waals surface area contributed by atoms with Gasteiger partial charge in [0.25, 0.3) is 0 Å². The number of carboxylic acids is 1. The number of carboxylic acid groups (broad SMARTS) is 1. The number of halogens is 1. The minimum Gasteiger partial charge on any atom is -0.478 e. The average molecular weight is 265 g/mol. The van der Waals surface area contributed by atoms with Crippen LogP contribution in [0.3, 0.4) is 0 Å². The van der Waals surface area contributed by atoms with Crippen LogP contribution in [0, 0.1) is 20.8 Å². The number of benzene rings is 1. The van der Waals surface area contributed by atoms with Gasteiger partial charge < -0.3 is 5.11 Å². The van der Waals surface area contributed by atoms with Gasteiger partial charge in [-0.25, -0.2) is 9.48 Å². The highest BCUT2D eigenvalue weighted by molar-refractivity contribution is 6.31. The van der Waals surface area contributed by atoms with Crippen LogP contribution in [-0.2, 0) is 0 Å². The maximum absolute atomic E-state index is 10.9. The molecule has 4 nitrogen and oxygen atoms in total. The van der Waals surface area contributed by atoms with Gasteiger partial charge in [0.05, 0.1) is 27.7 Å². The second kappa shape index (κ2) is 4.46. The van der Waals surface area contributed by atoms with Gasteiger partial charge in [-0.1, -0.05) is 11.6 Å². The monoisotopic (exact) mass is 264 g/mol. The van der Waals surface area contributed by atoms with Crippen LogP contribution in [0.15, 0.2) is 18.2 Å². The van der Waals surface area contributed by atoms with Crippen molar-refractivity contribution in [3.63, 3.8) is 0 Å². The summed E-state index contributed by atoms with van der Waals surface area (Å²) in [5, 5.41) is 13.9. The van der Waals surface area contributed by atoms with Gasteiger partial charge >= 0.3 is 5.97 Å². The summed E-state index contributed by atoms with van der Waals surface area (Å²) in [6.07, 6.45) is 0. The van der Waals surface area contributed by atoms with Gasteiger partial charge in [0, 0.05) is 0 Å². The smallest absolute Gasteiger partial charge is 0.335 e. The van der Waals surface area contributed by atoms with Crippen LogP contribution in [-0.4, -0.2) is 20.9 Å². The van der Waals surface area contributed by atoms with Crippen LogP contribution in [0.5, 0.6) is 0 Å². The Morgan fingerprint density at radius 3 is 2.44 bits per heavy atom. The molecule has 0 aliphatic rings. The topological polar surface area (TPSA) is 55.1 Å². The summed E-state index contributed by atoms with van der Waals surface area (Å²) in [6.45, 7) is 5.58. The Morgan fingerprint density at radius 2 is 2.00 bits per heavy atom. The van der Waals surface area contributed by atoms with E-state index in [0.717, 1.165) is 22.6 Å². The molecule has 0 aliphatic heterocycles. The Morgan fingerprint density at radius 1 is 1.33 bits per heavy atom. The zero-order chi connectivity index (χ0) is 13.4. The van der Waals surface area contributed by atoms with Crippen molar-refractivity contribution in [3.8, 4) is 5.69 Å². The van der Waals surface area contributed by atoms with E-state index >= 15 is 0 Å². The van der Waals surface area contributed by atoms with E-state index in [2.05, 4.69) is 5.10 Å². The number of hydrogen-bond acceptors (Lipinski definition) is 2. The fraction of sp³-hybridized carbons (Fsp3) is 0.231. The van der Waals surface area contributed by atoms with Crippen LogP contribution >= 0.6 is 11.6 Å². The number of nitrogens with zero attached hydrogens (tertiary/aromatic N) is 2. The van der Waals surface area contributed by atoms with Gasteiger partial charge in [0.2, 0.25) is 0 Å². The first-order valence-corrected chi connectivity index (χ1v) is 5.85. The minimum absolute atomic E-state index is 0.267. The highest BCUT2D eigenvalue weighted by atomic mass is 35.5. The summed E-state index contributed by atoms with van der Waals surface area (Å²) in [6, 6.07) is 4.94. The summed E-state index contributed by atoms with van der Waals surface area (Å²) in [5.41, 5.74) is 3.56. The second-order valence-electron chi connectivity index (χ2n) is 4.20. The summed E-state index contributed by atoms with van der Waals surface area (Å²) in [7, 11) is 0. The van der Waals surface area contributed by atoms with Crippen molar-refractivity contribution in [2.45, 2.75) is 20.8 Å². The van der Waals surface area contributed by atoms with Gasteiger partial charge in [-0.2, -0.15) is 5.10 Å². The number of carbonyl (C=O) groups is 1. The molecule has 1 aromatic carbocycles. The molecule has 0 unspecified atom stereocenters. The largest absolute Gasteiger partial charge is 0.478 e. The lowest BCUT2D eigenvalue weighted by Gasteiger charge is -2.08. The Labute approximate surface area is 110 Å². The maximum atomic E-state index is 10.9. The second-order valence-corrected chi connectivity index (χ2v) is 4.58. The van der Waals surface area contributed by atoms with E-state index in [1.54, 1.807) is 22.9 Å². The lowest BCUT2D eigenvalue weighted by atomic mass is 10.1. The molecule has 0 saturated carbocycles. The van der Waals surface area contributed by atoms with Crippen molar-refractivity contribution in [2.75, 3.05) is 0 Å². The van der Waals surface area contributed by atoms with Gasteiger partial charge in [-0.15, -0.1) is 0 Å². The van der Waals surface area contributed by atoms with Crippen molar-refractivity contribution in [1.29, 1.82) is 0 Å². The van der Waals surface area contributed by atoms with Crippen molar-refractivity contribution >= 4 is 17.6 Å². The molecule has 0 bridgehead atoms. The number of hydrogen-bond donors (Lipinski definition) is 1. The first kappa shape index (κ1) is 12.6. The molecule has 1 aromatic heterocycles. The molecule has 0 fully saturated rings. The Hall–Kier alpha value is -1.81. The molecule has 0 amide bonds. The first-order valence-electron chi connectivity index (χ1n) is 5.48. The quantitative estimate of drug-likeness (QED) is 0.907. The fourth-order valence-electron chi connectivity index (χ4n) is 1.88. The number of rotatable bonds is 2.